The van der Waals surface area contributed by atoms with E-state index in [9.17, 15) is 4.79 Å². The van der Waals surface area contributed by atoms with E-state index in [0.29, 0.717) is 45.4 Å². The predicted octanol–water partition coefficient (Wildman–Crippen LogP) is 1.19. The van der Waals surface area contributed by atoms with Crippen LogP contribution in [-0.4, -0.2) is 69.4 Å². The zero-order valence-corrected chi connectivity index (χ0v) is 17.7. The minimum atomic E-state index is -0.350. The van der Waals surface area contributed by atoms with E-state index in [1.807, 2.05) is 42.2 Å². The largest absolute Gasteiger partial charge is 0.383 e. The van der Waals surface area contributed by atoms with E-state index in [1.165, 1.54) is 0 Å². The van der Waals surface area contributed by atoms with Gasteiger partial charge in [-0.2, -0.15) is 0 Å². The summed E-state index contributed by atoms with van der Waals surface area (Å²) in [6.07, 6.45) is 0. The number of amides is 1. The Balaban J connectivity index is 0.00000338. The summed E-state index contributed by atoms with van der Waals surface area (Å²) in [5.41, 5.74) is 6.89. The maximum absolute atomic E-state index is 13.0. The van der Waals surface area contributed by atoms with Gasteiger partial charge in [-0.15, -0.1) is 24.0 Å². The van der Waals surface area contributed by atoms with Gasteiger partial charge in [0.2, 0.25) is 5.91 Å². The molecular weight excluding hydrogens is 447 g/mol. The summed E-state index contributed by atoms with van der Waals surface area (Å²) in [5.74, 6) is 0.0358. The lowest BCUT2D eigenvalue weighted by Crippen LogP contribution is -2.44. The Morgan fingerprint density at radius 1 is 1.35 bits per heavy atom. The summed E-state index contributed by atoms with van der Waals surface area (Å²) in [7, 11) is 1.64. The molecule has 0 bridgehead atoms. The third-order valence-corrected chi connectivity index (χ3v) is 4.08. The van der Waals surface area contributed by atoms with Crippen molar-refractivity contribution in [3.63, 3.8) is 0 Å². The van der Waals surface area contributed by atoms with Crippen LogP contribution in [0, 0.1) is 0 Å². The van der Waals surface area contributed by atoms with Crippen molar-refractivity contribution in [3.05, 3.63) is 35.9 Å². The molecule has 1 aliphatic rings. The van der Waals surface area contributed by atoms with Crippen LogP contribution in [0.1, 0.15) is 18.4 Å². The number of carbonyl (C=O) groups excluding carboxylic acids is 1. The summed E-state index contributed by atoms with van der Waals surface area (Å²) in [6.45, 7) is 5.18. The standard InChI is InChI=1S/C18H28N4O3.HI/c1-14(13-24-2)21-18(19)20-12-16(15-6-4-3-5-7-15)17(23)22-8-10-25-11-9-22;/h3-7,14,16H,8-13H2,1-2H3,(H3,19,20,21);1H. The Hall–Kier alpha value is -1.39. The maximum atomic E-state index is 13.0. The van der Waals surface area contributed by atoms with E-state index in [2.05, 4.69) is 10.3 Å². The lowest BCUT2D eigenvalue weighted by Gasteiger charge is -2.30. The zero-order valence-electron chi connectivity index (χ0n) is 15.4. The first-order valence-corrected chi connectivity index (χ1v) is 8.58. The summed E-state index contributed by atoms with van der Waals surface area (Å²) >= 11 is 0. The van der Waals surface area contributed by atoms with Crippen molar-refractivity contribution in [2.24, 2.45) is 10.7 Å². The van der Waals surface area contributed by atoms with Gasteiger partial charge in [-0.25, -0.2) is 0 Å². The quantitative estimate of drug-likeness (QED) is 0.351. The van der Waals surface area contributed by atoms with Crippen LogP contribution >= 0.6 is 24.0 Å². The lowest BCUT2D eigenvalue weighted by atomic mass is 9.97. The highest BCUT2D eigenvalue weighted by atomic mass is 127. The molecule has 26 heavy (non-hydrogen) atoms. The van der Waals surface area contributed by atoms with Crippen LogP contribution in [-0.2, 0) is 14.3 Å². The Morgan fingerprint density at radius 2 is 2.00 bits per heavy atom. The predicted molar refractivity (Wildman–Crippen MR) is 113 cm³/mol. The van der Waals surface area contributed by atoms with Crippen LogP contribution in [0.25, 0.3) is 0 Å². The highest BCUT2D eigenvalue weighted by molar-refractivity contribution is 14.0. The molecule has 1 aromatic rings. The molecule has 1 heterocycles. The minimum absolute atomic E-state index is 0. The molecule has 0 radical (unpaired) electrons. The van der Waals surface area contributed by atoms with Crippen molar-refractivity contribution in [3.8, 4) is 0 Å². The first-order valence-electron chi connectivity index (χ1n) is 8.58. The summed E-state index contributed by atoms with van der Waals surface area (Å²) in [4.78, 5) is 19.2. The highest BCUT2D eigenvalue weighted by Crippen LogP contribution is 2.20. The van der Waals surface area contributed by atoms with Crippen molar-refractivity contribution in [2.75, 3.05) is 46.6 Å². The van der Waals surface area contributed by atoms with Crippen molar-refractivity contribution < 1.29 is 14.3 Å². The molecule has 2 unspecified atom stereocenters. The topological polar surface area (TPSA) is 89.2 Å². The molecule has 2 rings (SSSR count). The number of nitrogens with two attached hydrogens (primary N) is 1. The molecule has 1 fully saturated rings. The van der Waals surface area contributed by atoms with Crippen LogP contribution in [0.15, 0.2) is 35.3 Å². The second-order valence-electron chi connectivity index (χ2n) is 6.13. The number of ether oxygens (including phenoxy) is 2. The van der Waals surface area contributed by atoms with Gasteiger partial charge in [0.15, 0.2) is 5.96 Å². The van der Waals surface area contributed by atoms with Crippen LogP contribution in [0.4, 0.5) is 0 Å². The fraction of sp³-hybridized carbons (Fsp3) is 0.556. The van der Waals surface area contributed by atoms with Crippen LogP contribution in [0.5, 0.6) is 0 Å². The molecular formula is C18H29IN4O3. The highest BCUT2D eigenvalue weighted by Gasteiger charge is 2.27. The normalized spacial score (nSPS) is 17.2. The molecule has 8 heteroatoms. The average Bonchev–Trinajstić information content (AvgIpc) is 2.63. The van der Waals surface area contributed by atoms with E-state index in [-0.39, 0.29) is 41.8 Å². The van der Waals surface area contributed by atoms with Gasteiger partial charge in [-0.3, -0.25) is 9.79 Å². The molecule has 3 N–H and O–H groups in total. The van der Waals surface area contributed by atoms with Crippen molar-refractivity contribution >= 4 is 35.8 Å². The van der Waals surface area contributed by atoms with E-state index < -0.39 is 0 Å². The molecule has 146 valence electrons. The molecule has 7 nitrogen and oxygen atoms in total. The fourth-order valence-electron chi connectivity index (χ4n) is 2.79. The second kappa shape index (κ2) is 12.1. The van der Waals surface area contributed by atoms with Gasteiger partial charge in [-0.05, 0) is 12.5 Å². The van der Waals surface area contributed by atoms with E-state index in [0.717, 1.165) is 5.56 Å². The number of halogens is 1. The average molecular weight is 476 g/mol. The van der Waals surface area contributed by atoms with Crippen LogP contribution < -0.4 is 11.1 Å². The molecule has 1 aliphatic heterocycles. The number of carbonyl (C=O) groups is 1. The first-order chi connectivity index (χ1) is 12.1. The molecule has 2 atom stereocenters. The van der Waals surface area contributed by atoms with Gasteiger partial charge in [0, 0.05) is 26.2 Å². The summed E-state index contributed by atoms with van der Waals surface area (Å²) in [5, 5.41) is 3.06. The van der Waals surface area contributed by atoms with Crippen molar-refractivity contribution in [2.45, 2.75) is 18.9 Å². The van der Waals surface area contributed by atoms with Gasteiger partial charge in [0.1, 0.15) is 0 Å². The Bertz CT molecular complexity index is 565. The molecule has 0 saturated carbocycles. The Morgan fingerprint density at radius 3 is 2.62 bits per heavy atom. The maximum Gasteiger partial charge on any atom is 0.232 e. The Kier molecular flexibility index (Phi) is 10.5. The number of hydrogen-bond donors (Lipinski definition) is 2. The van der Waals surface area contributed by atoms with E-state index in [4.69, 9.17) is 15.2 Å². The second-order valence-corrected chi connectivity index (χ2v) is 6.13. The summed E-state index contributed by atoms with van der Waals surface area (Å²) in [6, 6.07) is 9.76. The number of aliphatic imine (C=N–C) groups is 1. The van der Waals surface area contributed by atoms with E-state index in [1.54, 1.807) is 7.11 Å². The monoisotopic (exact) mass is 476 g/mol. The third kappa shape index (κ3) is 7.08. The first kappa shape index (κ1) is 22.7. The molecule has 0 aromatic heterocycles. The van der Waals surface area contributed by atoms with Gasteiger partial charge >= 0.3 is 0 Å². The number of guanidine groups is 1. The van der Waals surface area contributed by atoms with E-state index >= 15 is 0 Å². The number of benzene rings is 1. The molecule has 0 spiro atoms. The summed E-state index contributed by atoms with van der Waals surface area (Å²) < 4.78 is 10.4. The molecule has 1 saturated heterocycles. The third-order valence-electron chi connectivity index (χ3n) is 4.08. The number of nitrogens with one attached hydrogen (secondary N) is 1. The SMILES string of the molecule is COCC(C)NC(N)=NCC(C(=O)N1CCOCC1)c1ccccc1.I. The van der Waals surface area contributed by atoms with Gasteiger partial charge in [0.25, 0.3) is 0 Å². The zero-order chi connectivity index (χ0) is 18.1. The Labute approximate surface area is 172 Å². The van der Waals surface area contributed by atoms with Gasteiger partial charge in [0.05, 0.1) is 32.3 Å². The number of rotatable bonds is 7. The van der Waals surface area contributed by atoms with Gasteiger partial charge < -0.3 is 25.4 Å². The fourth-order valence-corrected chi connectivity index (χ4v) is 2.79. The van der Waals surface area contributed by atoms with Crippen molar-refractivity contribution in [1.29, 1.82) is 0 Å². The van der Waals surface area contributed by atoms with Crippen LogP contribution in [0.2, 0.25) is 0 Å². The van der Waals surface area contributed by atoms with Crippen molar-refractivity contribution in [1.82, 2.24) is 10.2 Å². The molecule has 1 amide bonds. The minimum Gasteiger partial charge on any atom is -0.383 e. The number of hydrogen-bond acceptors (Lipinski definition) is 4. The molecule has 1 aromatic carbocycles. The number of nitrogens with zero attached hydrogens (tertiary/aromatic N) is 2. The number of morpholine rings is 1. The lowest BCUT2D eigenvalue weighted by molar-refractivity contribution is -0.136. The van der Waals surface area contributed by atoms with Gasteiger partial charge in [-0.1, -0.05) is 30.3 Å². The van der Waals surface area contributed by atoms with Crippen LogP contribution in [0.3, 0.4) is 0 Å². The smallest absolute Gasteiger partial charge is 0.232 e. The molecule has 0 aliphatic carbocycles. The number of methoxy groups -OCH3 is 1.